The van der Waals surface area contributed by atoms with Crippen LogP contribution in [0.15, 0.2) is 42.5 Å². The Balaban J connectivity index is 2.10. The van der Waals surface area contributed by atoms with Crippen molar-refractivity contribution in [3.8, 4) is 17.2 Å². The summed E-state index contributed by atoms with van der Waals surface area (Å²) >= 11 is 0. The summed E-state index contributed by atoms with van der Waals surface area (Å²) in [5, 5.41) is 9.53. The van der Waals surface area contributed by atoms with Gasteiger partial charge in [0.25, 0.3) is 0 Å². The molecule has 0 unspecified atom stereocenters. The first-order chi connectivity index (χ1) is 12.7. The van der Waals surface area contributed by atoms with Crippen molar-refractivity contribution in [2.24, 2.45) is 0 Å². The predicted octanol–water partition coefficient (Wildman–Crippen LogP) is 4.61. The molecule has 1 heterocycles. The van der Waals surface area contributed by atoms with E-state index in [0.29, 0.717) is 17.0 Å². The molecular formula is C19H16F3NO4. The lowest BCUT2D eigenvalue weighted by Crippen LogP contribution is -2.17. The van der Waals surface area contributed by atoms with Crippen molar-refractivity contribution in [1.82, 2.24) is 4.57 Å². The van der Waals surface area contributed by atoms with Crippen molar-refractivity contribution in [1.29, 1.82) is 0 Å². The summed E-state index contributed by atoms with van der Waals surface area (Å²) < 4.78 is 48.7. The summed E-state index contributed by atoms with van der Waals surface area (Å²) in [4.78, 5) is 10.7. The van der Waals surface area contributed by atoms with Crippen molar-refractivity contribution in [3.05, 3.63) is 53.7 Å². The third kappa shape index (κ3) is 3.99. The van der Waals surface area contributed by atoms with Gasteiger partial charge in [0.15, 0.2) is 6.61 Å². The number of carboxylic acid groups (broad SMARTS) is 1. The van der Waals surface area contributed by atoms with Crippen LogP contribution < -0.4 is 9.47 Å². The van der Waals surface area contributed by atoms with Gasteiger partial charge in [-0.1, -0.05) is 6.07 Å². The van der Waals surface area contributed by atoms with Gasteiger partial charge < -0.3 is 19.1 Å². The second-order valence-electron chi connectivity index (χ2n) is 5.95. The normalized spacial score (nSPS) is 11.6. The first kappa shape index (κ1) is 18.6. The molecule has 3 aromatic rings. The fraction of sp³-hybridized carbons (Fsp3) is 0.211. The minimum Gasteiger partial charge on any atom is -0.482 e. The first-order valence-electron chi connectivity index (χ1n) is 7.98. The molecular weight excluding hydrogens is 363 g/mol. The van der Waals surface area contributed by atoms with E-state index >= 15 is 0 Å². The SMILES string of the molecule is Cc1c(C)n(-c2cccc(OCC(=O)O)c2)c2cc(OC(F)(F)F)ccc12. The number of alkyl halides is 3. The van der Waals surface area contributed by atoms with Crippen LogP contribution in [0.3, 0.4) is 0 Å². The van der Waals surface area contributed by atoms with Gasteiger partial charge in [-0.15, -0.1) is 13.2 Å². The van der Waals surface area contributed by atoms with Crippen LogP contribution in [0, 0.1) is 13.8 Å². The van der Waals surface area contributed by atoms with Crippen LogP contribution in [0.5, 0.6) is 11.5 Å². The lowest BCUT2D eigenvalue weighted by atomic mass is 10.1. The molecule has 0 aliphatic heterocycles. The van der Waals surface area contributed by atoms with Crippen molar-refractivity contribution in [2.45, 2.75) is 20.2 Å². The maximum atomic E-state index is 12.6. The lowest BCUT2D eigenvalue weighted by Gasteiger charge is -2.12. The maximum absolute atomic E-state index is 12.6. The standard InChI is InChI=1S/C19H16F3NO4/c1-11-12(2)23(13-4-3-5-14(8-13)26-10-18(24)25)17-9-15(6-7-16(11)17)27-19(20,21)22/h3-9H,10H2,1-2H3,(H,24,25). The summed E-state index contributed by atoms with van der Waals surface area (Å²) in [5.41, 5.74) is 2.93. The molecule has 27 heavy (non-hydrogen) atoms. The summed E-state index contributed by atoms with van der Waals surface area (Å²) in [6.07, 6.45) is -4.78. The zero-order chi connectivity index (χ0) is 19.8. The smallest absolute Gasteiger partial charge is 0.482 e. The van der Waals surface area contributed by atoms with E-state index in [2.05, 4.69) is 4.74 Å². The molecule has 0 aliphatic rings. The Morgan fingerprint density at radius 1 is 1.11 bits per heavy atom. The van der Waals surface area contributed by atoms with Gasteiger partial charge in [-0.3, -0.25) is 0 Å². The van der Waals surface area contributed by atoms with Crippen LogP contribution in [0.2, 0.25) is 0 Å². The van der Waals surface area contributed by atoms with Crippen molar-refractivity contribution >= 4 is 16.9 Å². The first-order valence-corrected chi connectivity index (χ1v) is 7.98. The zero-order valence-corrected chi connectivity index (χ0v) is 14.5. The van der Waals surface area contributed by atoms with E-state index < -0.39 is 18.9 Å². The predicted molar refractivity (Wildman–Crippen MR) is 92.6 cm³/mol. The molecule has 0 fully saturated rings. The monoisotopic (exact) mass is 379 g/mol. The van der Waals surface area contributed by atoms with E-state index in [1.807, 2.05) is 13.8 Å². The average molecular weight is 379 g/mol. The van der Waals surface area contributed by atoms with Crippen LogP contribution >= 0.6 is 0 Å². The van der Waals surface area contributed by atoms with E-state index in [1.165, 1.54) is 12.1 Å². The van der Waals surface area contributed by atoms with Crippen LogP contribution in [0.1, 0.15) is 11.3 Å². The van der Waals surface area contributed by atoms with Crippen LogP contribution in [0.25, 0.3) is 16.6 Å². The second kappa shape index (κ2) is 6.86. The summed E-state index contributed by atoms with van der Waals surface area (Å²) in [6.45, 7) is 3.24. The molecule has 5 nitrogen and oxygen atoms in total. The third-order valence-corrected chi connectivity index (χ3v) is 4.16. The summed E-state index contributed by atoms with van der Waals surface area (Å²) in [7, 11) is 0. The highest BCUT2D eigenvalue weighted by Crippen LogP contribution is 2.33. The van der Waals surface area contributed by atoms with E-state index in [1.54, 1.807) is 34.9 Å². The van der Waals surface area contributed by atoms with Gasteiger partial charge in [0.05, 0.1) is 5.52 Å². The molecule has 0 spiro atoms. The highest BCUT2D eigenvalue weighted by molar-refractivity contribution is 5.88. The summed E-state index contributed by atoms with van der Waals surface area (Å²) in [6, 6.07) is 10.9. The number of hydrogen-bond acceptors (Lipinski definition) is 3. The van der Waals surface area contributed by atoms with E-state index in [0.717, 1.165) is 16.6 Å². The molecule has 0 radical (unpaired) electrons. The number of aliphatic carboxylic acids is 1. The number of aromatic nitrogens is 1. The van der Waals surface area contributed by atoms with Gasteiger partial charge in [-0.2, -0.15) is 0 Å². The van der Waals surface area contributed by atoms with Crippen molar-refractivity contribution in [2.75, 3.05) is 6.61 Å². The number of ether oxygens (including phenoxy) is 2. The largest absolute Gasteiger partial charge is 0.573 e. The Kier molecular flexibility index (Phi) is 4.73. The van der Waals surface area contributed by atoms with Gasteiger partial charge in [-0.05, 0) is 43.7 Å². The number of halogens is 3. The van der Waals surface area contributed by atoms with E-state index in [9.17, 15) is 18.0 Å². The number of benzene rings is 2. The fourth-order valence-electron chi connectivity index (χ4n) is 2.94. The molecule has 0 bridgehead atoms. The average Bonchev–Trinajstić information content (AvgIpc) is 2.82. The number of nitrogens with zero attached hydrogens (tertiary/aromatic N) is 1. The number of fused-ring (bicyclic) bond motifs is 1. The van der Waals surface area contributed by atoms with Gasteiger partial charge in [0, 0.05) is 28.9 Å². The van der Waals surface area contributed by atoms with Crippen LogP contribution in [-0.4, -0.2) is 28.6 Å². The molecule has 0 aliphatic carbocycles. The quantitative estimate of drug-likeness (QED) is 0.703. The number of carboxylic acids is 1. The Bertz CT molecular complexity index is 1010. The van der Waals surface area contributed by atoms with E-state index in [4.69, 9.17) is 9.84 Å². The number of carbonyl (C=O) groups is 1. The molecule has 0 saturated carbocycles. The number of aryl methyl sites for hydroxylation is 1. The molecule has 0 atom stereocenters. The minimum absolute atomic E-state index is 0.313. The Morgan fingerprint density at radius 3 is 2.52 bits per heavy atom. The maximum Gasteiger partial charge on any atom is 0.573 e. The Morgan fingerprint density at radius 2 is 1.85 bits per heavy atom. The molecule has 1 N–H and O–H groups in total. The van der Waals surface area contributed by atoms with E-state index in [-0.39, 0.29) is 5.75 Å². The van der Waals surface area contributed by atoms with Gasteiger partial charge >= 0.3 is 12.3 Å². The molecule has 2 aromatic carbocycles. The van der Waals surface area contributed by atoms with Gasteiger partial charge in [-0.25, -0.2) is 4.79 Å². The van der Waals surface area contributed by atoms with Crippen LogP contribution in [-0.2, 0) is 4.79 Å². The van der Waals surface area contributed by atoms with Crippen molar-refractivity contribution < 1.29 is 32.5 Å². The molecule has 3 rings (SSSR count). The highest BCUT2D eigenvalue weighted by atomic mass is 19.4. The molecule has 1 aromatic heterocycles. The lowest BCUT2D eigenvalue weighted by molar-refractivity contribution is -0.274. The number of hydrogen-bond donors (Lipinski definition) is 1. The van der Waals surface area contributed by atoms with Gasteiger partial charge in [0.1, 0.15) is 11.5 Å². The summed E-state index contributed by atoms with van der Waals surface area (Å²) in [5.74, 6) is -1.07. The third-order valence-electron chi connectivity index (χ3n) is 4.16. The Hall–Kier alpha value is -3.16. The zero-order valence-electron chi connectivity index (χ0n) is 14.5. The van der Waals surface area contributed by atoms with Gasteiger partial charge in [0.2, 0.25) is 0 Å². The van der Waals surface area contributed by atoms with Crippen molar-refractivity contribution in [3.63, 3.8) is 0 Å². The highest BCUT2D eigenvalue weighted by Gasteiger charge is 2.31. The van der Waals surface area contributed by atoms with Crippen LogP contribution in [0.4, 0.5) is 13.2 Å². The Labute approximate surface area is 152 Å². The second-order valence-corrected chi connectivity index (χ2v) is 5.95. The minimum atomic E-state index is -4.78. The molecule has 0 amide bonds. The fourth-order valence-corrected chi connectivity index (χ4v) is 2.94. The number of rotatable bonds is 5. The molecule has 142 valence electrons. The topological polar surface area (TPSA) is 60.7 Å². The molecule has 8 heteroatoms. The molecule has 0 saturated heterocycles.